The average molecular weight is 928 g/mol. The summed E-state index contributed by atoms with van der Waals surface area (Å²) >= 11 is 0. The molecule has 0 aliphatic carbocycles. The van der Waals surface area contributed by atoms with Gasteiger partial charge in [0, 0.05) is 43.2 Å². The third-order valence-corrected chi connectivity index (χ3v) is 11.2. The molecule has 1 aliphatic heterocycles. The lowest BCUT2D eigenvalue weighted by molar-refractivity contribution is -0.141. The van der Waals surface area contributed by atoms with Crippen molar-refractivity contribution in [2.24, 2.45) is 17.2 Å². The average Bonchev–Trinajstić information content (AvgIpc) is 3.30. The van der Waals surface area contributed by atoms with Gasteiger partial charge in [0.25, 0.3) is 5.91 Å². The highest BCUT2D eigenvalue weighted by Gasteiger charge is 2.36. The summed E-state index contributed by atoms with van der Waals surface area (Å²) in [6, 6.07) is 14.9. The highest BCUT2D eigenvalue weighted by atomic mass is 16.5. The second-order valence-electron chi connectivity index (χ2n) is 17.4. The summed E-state index contributed by atoms with van der Waals surface area (Å²) in [6.07, 6.45) is -0.0173. The van der Waals surface area contributed by atoms with E-state index in [4.69, 9.17) is 26.7 Å². The summed E-state index contributed by atoms with van der Waals surface area (Å²) < 4.78 is 12.2. The highest BCUT2D eigenvalue weighted by molar-refractivity contribution is 6.00. The molecule has 358 valence electrons. The van der Waals surface area contributed by atoms with E-state index >= 15 is 0 Å². The van der Waals surface area contributed by atoms with Crippen LogP contribution in [0.5, 0.6) is 11.5 Å². The molecule has 0 fully saturated rings. The van der Waals surface area contributed by atoms with Crippen molar-refractivity contribution in [1.82, 2.24) is 36.1 Å². The number of aryl methyl sites for hydroxylation is 2. The Morgan fingerprint density at radius 1 is 0.868 bits per heavy atom. The van der Waals surface area contributed by atoms with E-state index in [0.29, 0.717) is 45.1 Å². The molecular weight excluding hydrogens is 867 g/mol. The van der Waals surface area contributed by atoms with E-state index in [1.54, 1.807) is 50.2 Å². The Hall–Kier alpha value is -7.38. The normalized spacial score (nSPS) is 16.3. The molecule has 3 aromatic carbocycles. The second kappa shape index (κ2) is 23.4. The van der Waals surface area contributed by atoms with Gasteiger partial charge < -0.3 is 52.8 Å². The van der Waals surface area contributed by atoms with Crippen LogP contribution in [0.3, 0.4) is 0 Å². The van der Waals surface area contributed by atoms with Crippen LogP contribution in [0.25, 0.3) is 11.1 Å². The predicted molar refractivity (Wildman–Crippen MR) is 256 cm³/mol. The topological polar surface area (TPSA) is 283 Å². The number of aromatic nitrogens is 2. The highest BCUT2D eigenvalue weighted by Crippen LogP contribution is 2.40. The van der Waals surface area contributed by atoms with Crippen molar-refractivity contribution in [3.05, 3.63) is 106 Å². The number of nitrogens with one attached hydrogen (secondary N) is 4. The molecule has 0 saturated heterocycles. The minimum atomic E-state index is -1.42. The number of rotatable bonds is 14. The van der Waals surface area contributed by atoms with Crippen molar-refractivity contribution in [2.45, 2.75) is 84.0 Å². The summed E-state index contributed by atoms with van der Waals surface area (Å²) in [5.74, 6) is 3.64. The Morgan fingerprint density at radius 2 is 1.49 bits per heavy atom. The third kappa shape index (κ3) is 12.9. The minimum Gasteiger partial charge on any atom is -0.492 e. The summed E-state index contributed by atoms with van der Waals surface area (Å²) in [7, 11) is 1.41. The Bertz CT molecular complexity index is 2590. The third-order valence-electron chi connectivity index (χ3n) is 11.2. The van der Waals surface area contributed by atoms with Gasteiger partial charge in [0.05, 0.1) is 23.0 Å². The molecule has 5 amide bonds. The number of carbonyl (C=O) groups is 5. The lowest BCUT2D eigenvalue weighted by Crippen LogP contribution is -2.56. The van der Waals surface area contributed by atoms with Crippen LogP contribution in [0.4, 0.5) is 0 Å². The number of likely N-dealkylation sites (N-methyl/N-ethyl adjacent to an activating group) is 1. The van der Waals surface area contributed by atoms with Crippen LogP contribution in [0.2, 0.25) is 0 Å². The minimum absolute atomic E-state index is 0.00301. The fourth-order valence-electron chi connectivity index (χ4n) is 7.64. The summed E-state index contributed by atoms with van der Waals surface area (Å²) in [4.78, 5) is 80.7. The van der Waals surface area contributed by atoms with Gasteiger partial charge in [0.2, 0.25) is 29.5 Å². The van der Waals surface area contributed by atoms with Gasteiger partial charge in [0.15, 0.2) is 0 Å². The maximum Gasteiger partial charge on any atom is 0.255 e. The molecule has 0 saturated carbocycles. The lowest BCUT2D eigenvalue weighted by atomic mass is 9.87. The van der Waals surface area contributed by atoms with Crippen molar-refractivity contribution >= 4 is 29.5 Å². The number of nitriles is 1. The zero-order valence-corrected chi connectivity index (χ0v) is 39.6. The second-order valence-corrected chi connectivity index (χ2v) is 17.4. The number of fused-ring (bicyclic) bond motifs is 5. The van der Waals surface area contributed by atoms with Crippen LogP contribution in [0.1, 0.15) is 90.0 Å². The lowest BCUT2D eigenvalue weighted by Gasteiger charge is -2.32. The Morgan fingerprint density at radius 3 is 2.07 bits per heavy atom. The van der Waals surface area contributed by atoms with Crippen molar-refractivity contribution in [2.75, 3.05) is 46.4 Å². The van der Waals surface area contributed by atoms with Crippen LogP contribution in [-0.2, 0) is 31.0 Å². The summed E-state index contributed by atoms with van der Waals surface area (Å²) in [5, 5.41) is 19.9. The summed E-state index contributed by atoms with van der Waals surface area (Å²) in [6.45, 7) is 11.5. The smallest absolute Gasteiger partial charge is 0.255 e. The number of hydrogen-bond acceptors (Lipinski definition) is 13. The van der Waals surface area contributed by atoms with Gasteiger partial charge >= 0.3 is 0 Å². The van der Waals surface area contributed by atoms with Crippen molar-refractivity contribution in [1.29, 1.82) is 5.26 Å². The molecule has 4 bridgehead atoms. The van der Waals surface area contributed by atoms with Gasteiger partial charge in [-0.3, -0.25) is 24.0 Å². The molecule has 1 aliphatic rings. The van der Waals surface area contributed by atoms with Gasteiger partial charge in [0.1, 0.15) is 55.4 Å². The zero-order valence-electron chi connectivity index (χ0n) is 39.6. The molecule has 0 spiro atoms. The van der Waals surface area contributed by atoms with E-state index in [9.17, 15) is 29.2 Å². The fourth-order valence-corrected chi connectivity index (χ4v) is 7.64. The van der Waals surface area contributed by atoms with Crippen molar-refractivity contribution in [3.8, 4) is 40.5 Å². The SMILES string of the molecule is Cc1nc(C#Cc2ccc(C(C)(C)C)cc2)nc(C)c1C(=O)NC(CCN)C(=O)N(C)C1C(=O)NC(C)C(=O)NC(C(=O)NCC#N)Cc2ccc(OCCN)c(c2)-c2cc1ccc2OCCN. The Labute approximate surface area is 397 Å². The molecule has 18 nitrogen and oxygen atoms in total. The van der Waals surface area contributed by atoms with Gasteiger partial charge in [-0.1, -0.05) is 51.0 Å². The quantitative estimate of drug-likeness (QED) is 0.0705. The summed E-state index contributed by atoms with van der Waals surface area (Å²) in [5.41, 5.74) is 22.3. The molecule has 5 rings (SSSR count). The van der Waals surface area contributed by atoms with E-state index in [1.165, 1.54) is 24.4 Å². The fraction of sp³-hybridized carbons (Fsp3) is 0.400. The van der Waals surface area contributed by atoms with Crippen LogP contribution in [0, 0.1) is 37.0 Å². The Kier molecular flexibility index (Phi) is 17.7. The van der Waals surface area contributed by atoms with E-state index in [-0.39, 0.29) is 69.0 Å². The number of ether oxygens (including phenoxy) is 2. The first-order valence-corrected chi connectivity index (χ1v) is 22.3. The van der Waals surface area contributed by atoms with Crippen molar-refractivity contribution < 1.29 is 33.4 Å². The van der Waals surface area contributed by atoms with Gasteiger partial charge in [-0.05, 0) is 98.2 Å². The van der Waals surface area contributed by atoms with Gasteiger partial charge in [-0.15, -0.1) is 0 Å². The van der Waals surface area contributed by atoms with Crippen molar-refractivity contribution in [3.63, 3.8) is 0 Å². The van der Waals surface area contributed by atoms with E-state index < -0.39 is 53.7 Å². The first-order chi connectivity index (χ1) is 32.4. The molecular formula is C50H61N11O7. The van der Waals surface area contributed by atoms with Gasteiger partial charge in [-0.25, -0.2) is 9.97 Å². The zero-order chi connectivity index (χ0) is 49.7. The largest absolute Gasteiger partial charge is 0.492 e. The molecule has 10 N–H and O–H groups in total. The number of benzene rings is 3. The first-order valence-electron chi connectivity index (χ1n) is 22.3. The standard InChI is InChI=1S/C50H61N11O7/c1-29-43(30(2)57-42(56-29)17-11-32-8-13-35(14-9-32)50(4,5)6)47(64)59-38(18-19-51)49(66)61(7)44-34-12-16-41(68-25-22-54)37(28-34)36-26-33(10-15-40(36)67-24-21-53)27-39(46(63)55-23-20-52)60-45(62)31(3)58-48(44)65/h8-10,12-16,26,28,31,38-39,44H,18-19,21-25,27,51,53-54H2,1-7H3,(H,55,63)(H,58,65)(H,59,64)(H,60,62). The number of hydrogen-bond donors (Lipinski definition) is 7. The maximum absolute atomic E-state index is 14.7. The molecule has 4 unspecified atom stereocenters. The van der Waals surface area contributed by atoms with E-state index in [1.807, 2.05) is 30.3 Å². The number of nitrogens with zero attached hydrogens (tertiary/aromatic N) is 4. The first kappa shape index (κ1) is 51.6. The van der Waals surface area contributed by atoms with E-state index in [2.05, 4.69) is 63.8 Å². The Balaban J connectivity index is 1.54. The molecule has 18 heteroatoms. The number of amides is 5. The molecule has 1 aromatic heterocycles. The molecule has 0 radical (unpaired) electrons. The molecule has 4 aromatic rings. The predicted octanol–water partition coefficient (Wildman–Crippen LogP) is 1.97. The molecule has 68 heavy (non-hydrogen) atoms. The van der Waals surface area contributed by atoms with Crippen LogP contribution in [-0.4, -0.2) is 109 Å². The number of nitrogens with two attached hydrogens (primary N) is 3. The van der Waals surface area contributed by atoms with Crippen LogP contribution < -0.4 is 47.9 Å². The van der Waals surface area contributed by atoms with E-state index in [0.717, 1.165) is 5.56 Å². The number of carbonyl (C=O) groups excluding carboxylic acids is 5. The van der Waals surface area contributed by atoms with Crippen LogP contribution >= 0.6 is 0 Å². The monoisotopic (exact) mass is 927 g/mol. The maximum atomic E-state index is 14.7. The van der Waals surface area contributed by atoms with Gasteiger partial charge in [-0.2, -0.15) is 5.26 Å². The molecule has 2 heterocycles. The molecule has 4 atom stereocenters. The van der Waals surface area contributed by atoms with Crippen LogP contribution in [0.15, 0.2) is 60.7 Å².